The van der Waals surface area contributed by atoms with Gasteiger partial charge in [0, 0.05) is 0 Å². The maximum Gasteiger partial charge on any atom is 0.257 e. The first-order chi connectivity index (χ1) is 7.98. The molecule has 1 unspecified atom stereocenters. The van der Waals surface area contributed by atoms with Crippen LogP contribution in [0.1, 0.15) is 5.56 Å². The van der Waals surface area contributed by atoms with Crippen LogP contribution in [0.5, 0.6) is 0 Å². The number of hydrogen-bond acceptors (Lipinski definition) is 5. The van der Waals surface area contributed by atoms with Gasteiger partial charge in [-0.3, -0.25) is 4.79 Å². The minimum Gasteiger partial charge on any atom is -0.393 e. The van der Waals surface area contributed by atoms with Gasteiger partial charge in [0.2, 0.25) is 5.78 Å². The SMILES string of the molecule is O=C(C=Cc1ccccc1)C(O)(O)C(O)CO. The van der Waals surface area contributed by atoms with E-state index in [1.54, 1.807) is 30.3 Å². The van der Waals surface area contributed by atoms with Gasteiger partial charge in [-0.15, -0.1) is 0 Å². The second-order valence-electron chi connectivity index (χ2n) is 3.53. The number of hydrogen-bond donors (Lipinski definition) is 4. The molecule has 1 atom stereocenters. The van der Waals surface area contributed by atoms with Crippen molar-refractivity contribution in [3.05, 3.63) is 42.0 Å². The molecule has 0 aliphatic rings. The Morgan fingerprint density at radius 3 is 2.41 bits per heavy atom. The Kier molecular flexibility index (Phi) is 4.53. The normalized spacial score (nSPS) is 13.9. The fourth-order valence-electron chi connectivity index (χ4n) is 1.15. The maximum atomic E-state index is 11.4. The Labute approximate surface area is 98.3 Å². The first-order valence-electron chi connectivity index (χ1n) is 4.99. The summed E-state index contributed by atoms with van der Waals surface area (Å²) in [5.74, 6) is -4.07. The molecule has 0 saturated heterocycles. The average molecular weight is 238 g/mol. The van der Waals surface area contributed by atoms with Gasteiger partial charge in [-0.1, -0.05) is 36.4 Å². The van der Waals surface area contributed by atoms with E-state index in [1.165, 1.54) is 6.08 Å². The molecule has 0 aromatic heterocycles. The van der Waals surface area contributed by atoms with Crippen molar-refractivity contribution >= 4 is 11.9 Å². The topological polar surface area (TPSA) is 98.0 Å². The number of benzene rings is 1. The first-order valence-corrected chi connectivity index (χ1v) is 4.99. The molecule has 0 heterocycles. The maximum absolute atomic E-state index is 11.4. The third-order valence-corrected chi connectivity index (χ3v) is 2.23. The summed E-state index contributed by atoms with van der Waals surface area (Å²) in [6.45, 7) is -0.919. The van der Waals surface area contributed by atoms with Crippen LogP contribution in [0.3, 0.4) is 0 Å². The lowest BCUT2D eigenvalue weighted by Gasteiger charge is -2.22. The summed E-state index contributed by atoms with van der Waals surface area (Å²) in [7, 11) is 0. The van der Waals surface area contributed by atoms with E-state index in [-0.39, 0.29) is 0 Å². The van der Waals surface area contributed by atoms with Crippen molar-refractivity contribution in [2.24, 2.45) is 0 Å². The van der Waals surface area contributed by atoms with Crippen molar-refractivity contribution < 1.29 is 25.2 Å². The number of aliphatic hydroxyl groups is 4. The minimum absolute atomic E-state index is 0.704. The lowest BCUT2D eigenvalue weighted by atomic mass is 10.0. The molecule has 17 heavy (non-hydrogen) atoms. The molecule has 4 N–H and O–H groups in total. The molecule has 5 nitrogen and oxygen atoms in total. The molecular formula is C12H14O5. The summed E-state index contributed by atoms with van der Waals surface area (Å²) >= 11 is 0. The van der Waals surface area contributed by atoms with Gasteiger partial charge in [-0.25, -0.2) is 0 Å². The molecule has 0 saturated carbocycles. The van der Waals surface area contributed by atoms with Crippen LogP contribution in [0.4, 0.5) is 0 Å². The fraction of sp³-hybridized carbons (Fsp3) is 0.250. The predicted molar refractivity (Wildman–Crippen MR) is 60.7 cm³/mol. The zero-order chi connectivity index (χ0) is 12.9. The van der Waals surface area contributed by atoms with Gasteiger partial charge >= 0.3 is 0 Å². The number of rotatable bonds is 5. The van der Waals surface area contributed by atoms with E-state index >= 15 is 0 Å². The van der Waals surface area contributed by atoms with Crippen molar-refractivity contribution in [1.29, 1.82) is 0 Å². The molecule has 0 bridgehead atoms. The largest absolute Gasteiger partial charge is 0.393 e. The second-order valence-corrected chi connectivity index (χ2v) is 3.53. The zero-order valence-corrected chi connectivity index (χ0v) is 9.02. The number of carbonyl (C=O) groups excluding carboxylic acids is 1. The third-order valence-electron chi connectivity index (χ3n) is 2.23. The van der Waals surface area contributed by atoms with Crippen molar-refractivity contribution in [2.75, 3.05) is 6.61 Å². The minimum atomic E-state index is -2.97. The van der Waals surface area contributed by atoms with E-state index in [0.29, 0.717) is 5.56 Å². The highest BCUT2D eigenvalue weighted by atomic mass is 16.5. The lowest BCUT2D eigenvalue weighted by molar-refractivity contribution is -0.221. The molecule has 1 rings (SSSR count). The molecule has 0 aliphatic carbocycles. The Balaban J connectivity index is 2.76. The molecular weight excluding hydrogens is 224 g/mol. The van der Waals surface area contributed by atoms with Gasteiger partial charge < -0.3 is 20.4 Å². The summed E-state index contributed by atoms with van der Waals surface area (Å²) in [4.78, 5) is 11.4. The Hall–Kier alpha value is -1.53. The molecule has 1 aromatic rings. The van der Waals surface area contributed by atoms with E-state index in [2.05, 4.69) is 0 Å². The quantitative estimate of drug-likeness (QED) is 0.402. The van der Waals surface area contributed by atoms with Crippen molar-refractivity contribution in [1.82, 2.24) is 0 Å². The summed E-state index contributed by atoms with van der Waals surface area (Å²) in [6.07, 6.45) is 0.386. The monoisotopic (exact) mass is 238 g/mol. The van der Waals surface area contributed by atoms with Crippen LogP contribution < -0.4 is 0 Å². The molecule has 92 valence electrons. The molecule has 5 heteroatoms. The van der Waals surface area contributed by atoms with E-state index in [0.717, 1.165) is 6.08 Å². The van der Waals surface area contributed by atoms with Crippen LogP contribution in [-0.2, 0) is 4.79 Å². The van der Waals surface area contributed by atoms with Gasteiger partial charge in [-0.2, -0.15) is 0 Å². The van der Waals surface area contributed by atoms with E-state index in [9.17, 15) is 15.0 Å². The third kappa shape index (κ3) is 3.47. The zero-order valence-electron chi connectivity index (χ0n) is 9.02. The average Bonchev–Trinajstić information content (AvgIpc) is 2.35. The number of ketones is 1. The van der Waals surface area contributed by atoms with Crippen LogP contribution in [0, 0.1) is 0 Å². The molecule has 0 radical (unpaired) electrons. The summed E-state index contributed by atoms with van der Waals surface area (Å²) in [6, 6.07) is 8.78. The van der Waals surface area contributed by atoms with E-state index in [1.807, 2.05) is 0 Å². The Bertz CT molecular complexity index is 397. The highest BCUT2D eigenvalue weighted by Crippen LogP contribution is 2.10. The van der Waals surface area contributed by atoms with Crippen LogP contribution in [0.15, 0.2) is 36.4 Å². The highest BCUT2D eigenvalue weighted by molar-refractivity contribution is 5.99. The van der Waals surface area contributed by atoms with Crippen LogP contribution >= 0.6 is 0 Å². The van der Waals surface area contributed by atoms with E-state index < -0.39 is 24.3 Å². The molecule has 0 spiro atoms. The molecule has 0 fully saturated rings. The smallest absolute Gasteiger partial charge is 0.257 e. The van der Waals surface area contributed by atoms with Crippen LogP contribution in [0.25, 0.3) is 6.08 Å². The van der Waals surface area contributed by atoms with Crippen molar-refractivity contribution in [3.8, 4) is 0 Å². The highest BCUT2D eigenvalue weighted by Gasteiger charge is 2.39. The summed E-state index contributed by atoms with van der Waals surface area (Å²) in [5.41, 5.74) is 0.704. The van der Waals surface area contributed by atoms with Crippen LogP contribution in [0.2, 0.25) is 0 Å². The molecule has 1 aromatic carbocycles. The standard InChI is InChI=1S/C12H14O5/c13-8-11(15)12(16,17)10(14)7-6-9-4-2-1-3-5-9/h1-7,11,13,15-17H,8H2. The van der Waals surface area contributed by atoms with Gasteiger partial charge in [0.05, 0.1) is 6.61 Å². The van der Waals surface area contributed by atoms with Crippen molar-refractivity contribution in [2.45, 2.75) is 11.9 Å². The van der Waals surface area contributed by atoms with Crippen molar-refractivity contribution in [3.63, 3.8) is 0 Å². The second kappa shape index (κ2) is 5.70. The predicted octanol–water partition coefficient (Wildman–Crippen LogP) is -0.697. The van der Waals surface area contributed by atoms with Gasteiger partial charge in [0.1, 0.15) is 6.10 Å². The van der Waals surface area contributed by atoms with Crippen LogP contribution in [-0.4, -0.2) is 44.7 Å². The number of aliphatic hydroxyl groups excluding tert-OH is 2. The van der Waals surface area contributed by atoms with Gasteiger partial charge in [0.25, 0.3) is 5.79 Å². The fourth-order valence-corrected chi connectivity index (χ4v) is 1.15. The summed E-state index contributed by atoms with van der Waals surface area (Å²) in [5, 5.41) is 36.2. The summed E-state index contributed by atoms with van der Waals surface area (Å²) < 4.78 is 0. The number of carbonyl (C=O) groups is 1. The molecule has 0 amide bonds. The molecule has 0 aliphatic heterocycles. The van der Waals surface area contributed by atoms with Gasteiger partial charge in [0.15, 0.2) is 0 Å². The van der Waals surface area contributed by atoms with Gasteiger partial charge in [-0.05, 0) is 11.6 Å². The van der Waals surface area contributed by atoms with E-state index in [4.69, 9.17) is 10.2 Å². The Morgan fingerprint density at radius 2 is 1.88 bits per heavy atom. The lowest BCUT2D eigenvalue weighted by Crippen LogP contribution is -2.50. The first kappa shape index (κ1) is 13.5. The Morgan fingerprint density at radius 1 is 1.29 bits per heavy atom.